The number of halogens is 2. The number of benzene rings is 1. The first-order valence-electron chi connectivity index (χ1n) is 5.20. The molecule has 0 unspecified atom stereocenters. The second-order valence-corrected chi connectivity index (χ2v) is 4.94. The molecule has 1 aromatic rings. The summed E-state index contributed by atoms with van der Waals surface area (Å²) in [5, 5.41) is 13.7. The van der Waals surface area contributed by atoms with E-state index in [1.807, 2.05) is 0 Å². The number of amides is 2. The number of urea groups is 1. The molecule has 96 valence electrons. The van der Waals surface area contributed by atoms with E-state index < -0.39 is 23.4 Å². The Morgan fingerprint density at radius 3 is 2.61 bits per heavy atom. The van der Waals surface area contributed by atoms with Crippen LogP contribution in [-0.2, 0) is 4.79 Å². The van der Waals surface area contributed by atoms with E-state index >= 15 is 0 Å². The number of hydrogen-bond acceptors (Lipinski definition) is 2. The third-order valence-corrected chi connectivity index (χ3v) is 3.38. The molecule has 1 saturated carbocycles. The van der Waals surface area contributed by atoms with E-state index in [4.69, 9.17) is 5.11 Å². The zero-order valence-electron chi connectivity index (χ0n) is 9.17. The summed E-state index contributed by atoms with van der Waals surface area (Å²) in [5.74, 6) is -1.55. The molecular formula is C11H10BrFN2O3. The quantitative estimate of drug-likeness (QED) is 0.800. The third kappa shape index (κ3) is 2.61. The molecule has 0 saturated heterocycles. The van der Waals surface area contributed by atoms with Crippen molar-refractivity contribution in [2.45, 2.75) is 18.4 Å². The van der Waals surface area contributed by atoms with Crippen molar-refractivity contribution in [1.29, 1.82) is 0 Å². The van der Waals surface area contributed by atoms with Gasteiger partial charge < -0.3 is 15.7 Å². The average molecular weight is 317 g/mol. The highest BCUT2D eigenvalue weighted by molar-refractivity contribution is 9.10. The molecule has 0 aromatic heterocycles. The Morgan fingerprint density at radius 1 is 1.39 bits per heavy atom. The Morgan fingerprint density at radius 2 is 2.06 bits per heavy atom. The molecule has 0 aliphatic heterocycles. The van der Waals surface area contributed by atoms with Gasteiger partial charge in [-0.3, -0.25) is 0 Å². The van der Waals surface area contributed by atoms with Crippen LogP contribution >= 0.6 is 15.9 Å². The monoisotopic (exact) mass is 316 g/mol. The average Bonchev–Trinajstić information content (AvgIpc) is 3.04. The normalized spacial score (nSPS) is 15.9. The van der Waals surface area contributed by atoms with E-state index in [0.29, 0.717) is 17.3 Å². The predicted molar refractivity (Wildman–Crippen MR) is 65.9 cm³/mol. The van der Waals surface area contributed by atoms with Gasteiger partial charge >= 0.3 is 12.0 Å². The summed E-state index contributed by atoms with van der Waals surface area (Å²) < 4.78 is 13.5. The molecular weight excluding hydrogens is 307 g/mol. The predicted octanol–water partition coefficient (Wildman–Crippen LogP) is 2.33. The molecule has 0 bridgehead atoms. The summed E-state index contributed by atoms with van der Waals surface area (Å²) >= 11 is 3.16. The molecule has 1 aliphatic carbocycles. The number of aliphatic carboxylic acids is 1. The van der Waals surface area contributed by atoms with Crippen molar-refractivity contribution < 1.29 is 19.1 Å². The number of carbonyl (C=O) groups excluding carboxylic acids is 1. The Labute approximate surface area is 111 Å². The van der Waals surface area contributed by atoms with Crippen molar-refractivity contribution in [3.8, 4) is 0 Å². The van der Waals surface area contributed by atoms with Crippen LogP contribution < -0.4 is 10.6 Å². The van der Waals surface area contributed by atoms with Crippen LogP contribution in [-0.4, -0.2) is 22.6 Å². The van der Waals surface area contributed by atoms with E-state index in [0.717, 1.165) is 6.07 Å². The van der Waals surface area contributed by atoms with Gasteiger partial charge in [0.2, 0.25) is 0 Å². The molecule has 1 aliphatic rings. The zero-order chi connectivity index (χ0) is 13.3. The number of anilines is 1. The lowest BCUT2D eigenvalue weighted by Crippen LogP contribution is -2.45. The maximum atomic E-state index is 13.0. The van der Waals surface area contributed by atoms with Crippen molar-refractivity contribution in [2.75, 3.05) is 5.32 Å². The van der Waals surface area contributed by atoms with Gasteiger partial charge in [0.15, 0.2) is 0 Å². The largest absolute Gasteiger partial charge is 0.480 e. The van der Waals surface area contributed by atoms with Gasteiger partial charge in [-0.15, -0.1) is 0 Å². The van der Waals surface area contributed by atoms with Crippen LogP contribution in [0.5, 0.6) is 0 Å². The second-order valence-electron chi connectivity index (χ2n) is 4.09. The second kappa shape index (κ2) is 4.56. The Bertz CT molecular complexity index is 517. The van der Waals surface area contributed by atoms with E-state index in [1.54, 1.807) is 0 Å². The highest BCUT2D eigenvalue weighted by atomic mass is 79.9. The van der Waals surface area contributed by atoms with Crippen LogP contribution in [0, 0.1) is 5.82 Å². The number of carbonyl (C=O) groups is 2. The first kappa shape index (κ1) is 12.8. The van der Waals surface area contributed by atoms with Crippen molar-refractivity contribution in [3.05, 3.63) is 28.5 Å². The molecule has 1 aromatic carbocycles. The molecule has 3 N–H and O–H groups in total. The van der Waals surface area contributed by atoms with Gasteiger partial charge in [0, 0.05) is 4.47 Å². The fraction of sp³-hybridized carbons (Fsp3) is 0.273. The number of rotatable bonds is 3. The standard InChI is InChI=1S/C11H10BrFN2O3/c12-7-2-1-6(13)5-8(7)14-10(18)15-11(3-4-11)9(16)17/h1-2,5H,3-4H2,(H,16,17)(H2,14,15,18). The first-order valence-corrected chi connectivity index (χ1v) is 6.00. The lowest BCUT2D eigenvalue weighted by atomic mass is 10.3. The lowest BCUT2D eigenvalue weighted by Gasteiger charge is -2.14. The fourth-order valence-corrected chi connectivity index (χ4v) is 1.83. The Kier molecular flexibility index (Phi) is 3.25. The lowest BCUT2D eigenvalue weighted by molar-refractivity contribution is -0.140. The topological polar surface area (TPSA) is 78.4 Å². The van der Waals surface area contributed by atoms with Crippen LogP contribution in [0.1, 0.15) is 12.8 Å². The molecule has 1 fully saturated rings. The number of nitrogens with one attached hydrogen (secondary N) is 2. The summed E-state index contributed by atoms with van der Waals surface area (Å²) in [7, 11) is 0. The summed E-state index contributed by atoms with van der Waals surface area (Å²) in [6, 6.07) is 3.17. The van der Waals surface area contributed by atoms with Gasteiger partial charge in [0.1, 0.15) is 11.4 Å². The van der Waals surface area contributed by atoms with E-state index in [-0.39, 0.29) is 5.69 Å². The third-order valence-electron chi connectivity index (χ3n) is 2.69. The summed E-state index contributed by atoms with van der Waals surface area (Å²) in [6.45, 7) is 0. The minimum Gasteiger partial charge on any atom is -0.480 e. The number of carboxylic acid groups (broad SMARTS) is 1. The van der Waals surface area contributed by atoms with Crippen LogP contribution in [0.4, 0.5) is 14.9 Å². The molecule has 18 heavy (non-hydrogen) atoms. The Balaban J connectivity index is 2.04. The highest BCUT2D eigenvalue weighted by Gasteiger charge is 2.51. The van der Waals surface area contributed by atoms with Crippen LogP contribution in [0.3, 0.4) is 0 Å². The van der Waals surface area contributed by atoms with Crippen LogP contribution in [0.15, 0.2) is 22.7 Å². The van der Waals surface area contributed by atoms with Gasteiger partial charge in [0.05, 0.1) is 5.69 Å². The van der Waals surface area contributed by atoms with E-state index in [9.17, 15) is 14.0 Å². The van der Waals surface area contributed by atoms with Gasteiger partial charge in [-0.05, 0) is 47.0 Å². The summed E-state index contributed by atoms with van der Waals surface area (Å²) in [5.41, 5.74) is -0.919. The molecule has 0 atom stereocenters. The molecule has 2 amide bonds. The van der Waals surface area contributed by atoms with Crippen molar-refractivity contribution >= 4 is 33.6 Å². The first-order chi connectivity index (χ1) is 8.43. The van der Waals surface area contributed by atoms with Crippen LogP contribution in [0.2, 0.25) is 0 Å². The molecule has 0 spiro atoms. The van der Waals surface area contributed by atoms with Gasteiger partial charge in [0.25, 0.3) is 0 Å². The van der Waals surface area contributed by atoms with Gasteiger partial charge in [-0.25, -0.2) is 14.0 Å². The highest BCUT2D eigenvalue weighted by Crippen LogP contribution is 2.35. The van der Waals surface area contributed by atoms with Crippen molar-refractivity contribution in [2.24, 2.45) is 0 Å². The number of hydrogen-bond donors (Lipinski definition) is 3. The van der Waals surface area contributed by atoms with Crippen molar-refractivity contribution in [1.82, 2.24) is 5.32 Å². The molecule has 7 heteroatoms. The molecule has 2 rings (SSSR count). The Hall–Kier alpha value is -1.63. The van der Waals surface area contributed by atoms with Crippen molar-refractivity contribution in [3.63, 3.8) is 0 Å². The smallest absolute Gasteiger partial charge is 0.329 e. The maximum absolute atomic E-state index is 13.0. The SMILES string of the molecule is O=C(Nc1cc(F)ccc1Br)NC1(C(=O)O)CC1. The van der Waals surface area contributed by atoms with E-state index in [2.05, 4.69) is 26.6 Å². The zero-order valence-corrected chi connectivity index (χ0v) is 10.8. The van der Waals surface area contributed by atoms with E-state index in [1.165, 1.54) is 12.1 Å². The number of carboxylic acids is 1. The van der Waals surface area contributed by atoms with Gasteiger partial charge in [-0.2, -0.15) is 0 Å². The molecule has 0 radical (unpaired) electrons. The fourth-order valence-electron chi connectivity index (χ4n) is 1.48. The molecule has 0 heterocycles. The minimum absolute atomic E-state index is 0.244. The minimum atomic E-state index is -1.16. The summed E-state index contributed by atoms with van der Waals surface area (Å²) in [6.07, 6.45) is 0.806. The molecule has 5 nitrogen and oxygen atoms in total. The maximum Gasteiger partial charge on any atom is 0.329 e. The summed E-state index contributed by atoms with van der Waals surface area (Å²) in [4.78, 5) is 22.5. The van der Waals surface area contributed by atoms with Gasteiger partial charge in [-0.1, -0.05) is 0 Å². The van der Waals surface area contributed by atoms with Crippen LogP contribution in [0.25, 0.3) is 0 Å².